The molecule has 7 nitrogen and oxygen atoms in total. The number of rotatable bonds is 8. The summed E-state index contributed by atoms with van der Waals surface area (Å²) in [5, 5.41) is 8.63. The number of aromatic nitrogens is 1. The van der Waals surface area contributed by atoms with Gasteiger partial charge in [0.15, 0.2) is 0 Å². The summed E-state index contributed by atoms with van der Waals surface area (Å²) >= 11 is 13.1. The molecule has 1 amide bonds. The van der Waals surface area contributed by atoms with Gasteiger partial charge in [-0.15, -0.1) is 11.3 Å². The average molecular weight is 590 g/mol. The maximum absolute atomic E-state index is 13.0. The molecule has 2 aromatic carbocycles. The highest BCUT2D eigenvalue weighted by molar-refractivity contribution is 7.91. The number of hydrogen-bond donors (Lipinski definition) is 3. The first-order chi connectivity index (χ1) is 18.3. The second-order valence-corrected chi connectivity index (χ2v) is 13.2. The van der Waals surface area contributed by atoms with E-state index >= 15 is 0 Å². The van der Waals surface area contributed by atoms with Gasteiger partial charge in [0, 0.05) is 49.8 Å². The van der Waals surface area contributed by atoms with Crippen LogP contribution in [0, 0.1) is 0 Å². The van der Waals surface area contributed by atoms with Gasteiger partial charge in [-0.05, 0) is 86.3 Å². The quantitative estimate of drug-likeness (QED) is 0.226. The highest BCUT2D eigenvalue weighted by Crippen LogP contribution is 2.29. The molecular formula is C27H26Cl2N4O3S2. The predicted octanol–water partition coefficient (Wildman–Crippen LogP) is 6.23. The lowest BCUT2D eigenvalue weighted by Gasteiger charge is -2.30. The van der Waals surface area contributed by atoms with Gasteiger partial charge in [-0.25, -0.2) is 13.1 Å². The molecule has 1 saturated carbocycles. The third kappa shape index (κ3) is 6.47. The van der Waals surface area contributed by atoms with Crippen LogP contribution in [0.1, 0.15) is 40.9 Å². The number of fused-ring (bicyclic) bond motifs is 1. The Bertz CT molecular complexity index is 1550. The second kappa shape index (κ2) is 11.6. The maximum atomic E-state index is 13.0. The fourth-order valence-electron chi connectivity index (χ4n) is 4.57. The first kappa shape index (κ1) is 26.9. The molecule has 0 spiro atoms. The monoisotopic (exact) mass is 588 g/mol. The fourth-order valence-corrected chi connectivity index (χ4v) is 7.48. The van der Waals surface area contributed by atoms with E-state index in [0.717, 1.165) is 58.5 Å². The van der Waals surface area contributed by atoms with Gasteiger partial charge in [-0.1, -0.05) is 23.2 Å². The van der Waals surface area contributed by atoms with E-state index in [1.54, 1.807) is 42.6 Å². The van der Waals surface area contributed by atoms with Crippen LogP contribution in [0.5, 0.6) is 0 Å². The van der Waals surface area contributed by atoms with Crippen LogP contribution in [-0.2, 0) is 16.6 Å². The molecule has 2 aromatic heterocycles. The number of carbonyl (C=O) groups excluding carboxylic acids is 1. The molecule has 3 N–H and O–H groups in total. The molecule has 1 aliphatic rings. The van der Waals surface area contributed by atoms with Gasteiger partial charge >= 0.3 is 0 Å². The molecule has 0 saturated heterocycles. The van der Waals surface area contributed by atoms with E-state index in [-0.39, 0.29) is 28.7 Å². The topological polar surface area (TPSA) is 100 Å². The summed E-state index contributed by atoms with van der Waals surface area (Å²) in [7, 11) is -3.64. The molecule has 11 heteroatoms. The minimum atomic E-state index is -3.64. The molecule has 0 atom stereocenters. The molecule has 0 unspecified atom stereocenters. The van der Waals surface area contributed by atoms with Crippen LogP contribution in [0.4, 0.5) is 5.69 Å². The Morgan fingerprint density at radius 2 is 1.63 bits per heavy atom. The number of nitrogens with zero attached hydrogens (tertiary/aromatic N) is 1. The summed E-state index contributed by atoms with van der Waals surface area (Å²) in [5.74, 6) is -0.244. The van der Waals surface area contributed by atoms with Crippen molar-refractivity contribution in [1.29, 1.82) is 0 Å². The Kier molecular flexibility index (Phi) is 8.20. The van der Waals surface area contributed by atoms with Gasteiger partial charge in [-0.2, -0.15) is 0 Å². The Morgan fingerprint density at radius 3 is 2.39 bits per heavy atom. The van der Waals surface area contributed by atoms with Gasteiger partial charge in [0.25, 0.3) is 5.91 Å². The summed E-state index contributed by atoms with van der Waals surface area (Å²) in [6.45, 7) is 0.244. The number of hydrogen-bond acceptors (Lipinski definition) is 6. The van der Waals surface area contributed by atoms with E-state index in [1.165, 1.54) is 0 Å². The number of carbonyl (C=O) groups is 1. The van der Waals surface area contributed by atoms with Gasteiger partial charge in [-0.3, -0.25) is 9.78 Å². The molecule has 198 valence electrons. The van der Waals surface area contributed by atoms with Crippen LogP contribution in [0.15, 0.2) is 71.1 Å². The van der Waals surface area contributed by atoms with E-state index in [2.05, 4.69) is 20.3 Å². The van der Waals surface area contributed by atoms with E-state index in [1.807, 2.05) is 24.3 Å². The number of amides is 1. The lowest BCUT2D eigenvalue weighted by Crippen LogP contribution is -2.39. The van der Waals surface area contributed by atoms with Gasteiger partial charge < -0.3 is 10.6 Å². The zero-order chi connectivity index (χ0) is 26.7. The zero-order valence-electron chi connectivity index (χ0n) is 20.3. The molecule has 1 aliphatic carbocycles. The molecule has 1 fully saturated rings. The smallest absolute Gasteiger partial charge is 0.251 e. The number of anilines is 1. The number of nitrogens with one attached hydrogen (secondary N) is 3. The number of pyridine rings is 1. The normalized spacial score (nSPS) is 17.8. The van der Waals surface area contributed by atoms with E-state index in [9.17, 15) is 13.2 Å². The van der Waals surface area contributed by atoms with Crippen LogP contribution >= 0.6 is 34.5 Å². The highest BCUT2D eigenvalue weighted by atomic mass is 35.5. The molecule has 38 heavy (non-hydrogen) atoms. The van der Waals surface area contributed by atoms with E-state index in [4.69, 9.17) is 23.2 Å². The fraction of sp³-hybridized carbons (Fsp3) is 0.259. The SMILES string of the molecule is O=C(NCc1ccc(S(=O)(=O)NC2CCC(Nc3ccnc4cc(Cl)ccc34)CC2)s1)c1ccc(Cl)cc1. The summed E-state index contributed by atoms with van der Waals surface area (Å²) in [6.07, 6.45) is 4.93. The molecule has 5 rings (SSSR count). The average Bonchev–Trinajstić information content (AvgIpc) is 3.39. The molecule has 4 aromatic rings. The van der Waals surface area contributed by atoms with Crippen molar-refractivity contribution in [2.45, 2.75) is 48.5 Å². The first-order valence-electron chi connectivity index (χ1n) is 12.2. The second-order valence-electron chi connectivity index (χ2n) is 9.24. The molecular weight excluding hydrogens is 563 g/mol. The van der Waals surface area contributed by atoms with Gasteiger partial charge in [0.1, 0.15) is 4.21 Å². The third-order valence-corrected chi connectivity index (χ3v) is 10.1. The number of sulfonamides is 1. The first-order valence-corrected chi connectivity index (χ1v) is 15.3. The highest BCUT2D eigenvalue weighted by Gasteiger charge is 2.27. The molecule has 0 bridgehead atoms. The number of thiophene rings is 1. The molecule has 2 heterocycles. The molecule has 0 radical (unpaired) electrons. The Morgan fingerprint density at radius 1 is 0.921 bits per heavy atom. The Balaban J connectivity index is 1.13. The number of halogens is 2. The molecule has 0 aliphatic heterocycles. The lowest BCUT2D eigenvalue weighted by atomic mass is 9.91. The van der Waals surface area contributed by atoms with Crippen molar-refractivity contribution < 1.29 is 13.2 Å². The summed E-state index contributed by atoms with van der Waals surface area (Å²) in [6, 6.07) is 17.6. The zero-order valence-corrected chi connectivity index (χ0v) is 23.4. The summed E-state index contributed by atoms with van der Waals surface area (Å²) in [5.41, 5.74) is 2.33. The van der Waals surface area contributed by atoms with Crippen LogP contribution in [0.3, 0.4) is 0 Å². The Labute approximate surface area is 235 Å². The van der Waals surface area contributed by atoms with Crippen molar-refractivity contribution in [3.63, 3.8) is 0 Å². The van der Waals surface area contributed by atoms with Crippen molar-refractivity contribution in [2.24, 2.45) is 0 Å². The van der Waals surface area contributed by atoms with Gasteiger partial charge in [0.2, 0.25) is 10.0 Å². The van der Waals surface area contributed by atoms with Crippen LogP contribution in [-0.4, -0.2) is 31.4 Å². The predicted molar refractivity (Wildman–Crippen MR) is 154 cm³/mol. The minimum Gasteiger partial charge on any atom is -0.382 e. The third-order valence-electron chi connectivity index (χ3n) is 6.54. The van der Waals surface area contributed by atoms with Crippen LogP contribution in [0.2, 0.25) is 10.0 Å². The summed E-state index contributed by atoms with van der Waals surface area (Å²) in [4.78, 5) is 17.5. The van der Waals surface area contributed by atoms with Crippen LogP contribution in [0.25, 0.3) is 10.9 Å². The summed E-state index contributed by atoms with van der Waals surface area (Å²) < 4.78 is 29.2. The largest absolute Gasteiger partial charge is 0.382 e. The van der Waals surface area contributed by atoms with Gasteiger partial charge in [0.05, 0.1) is 12.1 Å². The van der Waals surface area contributed by atoms with Crippen molar-refractivity contribution in [1.82, 2.24) is 15.0 Å². The lowest BCUT2D eigenvalue weighted by molar-refractivity contribution is 0.0951. The Hall–Kier alpha value is -2.69. The van der Waals surface area contributed by atoms with E-state index < -0.39 is 10.0 Å². The van der Waals surface area contributed by atoms with Crippen molar-refractivity contribution in [2.75, 3.05) is 5.32 Å². The van der Waals surface area contributed by atoms with E-state index in [0.29, 0.717) is 15.6 Å². The number of benzene rings is 2. The standard InChI is InChI=1S/C27H26Cl2N4O3S2/c28-18-3-1-17(2-4-18)27(34)31-16-22-10-12-26(37-22)38(35,36)33-21-8-6-20(7-9-21)32-24-13-14-30-25-15-19(29)5-11-23(24)25/h1-5,10-15,20-21,33H,6-9,16H2,(H,30,32)(H,31,34). The van der Waals surface area contributed by atoms with Crippen LogP contribution < -0.4 is 15.4 Å². The van der Waals surface area contributed by atoms with Crippen molar-refractivity contribution in [3.8, 4) is 0 Å². The minimum absolute atomic E-state index is 0.124. The van der Waals surface area contributed by atoms with Crippen molar-refractivity contribution in [3.05, 3.63) is 87.3 Å². The maximum Gasteiger partial charge on any atom is 0.251 e. The van der Waals surface area contributed by atoms with Crippen molar-refractivity contribution >= 4 is 67.1 Å².